The quantitative estimate of drug-likeness (QED) is 0.797. The van der Waals surface area contributed by atoms with Crippen LogP contribution in [0.3, 0.4) is 0 Å². The second-order valence-corrected chi connectivity index (χ2v) is 5.90. The molecule has 2 saturated heterocycles. The maximum absolute atomic E-state index is 12.1. The van der Waals surface area contributed by atoms with Gasteiger partial charge in [0.25, 0.3) is 5.91 Å². The monoisotopic (exact) mass is 277 g/mol. The molecule has 0 aromatic carbocycles. The van der Waals surface area contributed by atoms with Gasteiger partial charge < -0.3 is 15.2 Å². The second-order valence-electron chi connectivity index (χ2n) is 4.81. The molecule has 100 valence electrons. The van der Waals surface area contributed by atoms with E-state index in [1.165, 1.54) is 11.3 Å². The SMILES string of the molecule is O=C(NC1CC2CCC1O2)c1ccc(C#CCO)s1. The number of carbonyl (C=O) groups is 1. The van der Waals surface area contributed by atoms with Crippen LogP contribution in [-0.4, -0.2) is 35.9 Å². The molecule has 19 heavy (non-hydrogen) atoms. The van der Waals surface area contributed by atoms with Crippen molar-refractivity contribution < 1.29 is 14.6 Å². The first kappa shape index (κ1) is 12.7. The standard InChI is InChI=1S/C14H15NO3S/c16-7-1-2-10-4-6-13(19-10)14(17)15-11-8-9-3-5-12(11)18-9/h4,6,9,11-12,16H,3,5,7-8H2,(H,15,17). The molecule has 1 aromatic rings. The maximum Gasteiger partial charge on any atom is 0.261 e. The van der Waals surface area contributed by atoms with Crippen LogP contribution in [0.2, 0.25) is 0 Å². The molecule has 2 bridgehead atoms. The highest BCUT2D eigenvalue weighted by atomic mass is 32.1. The number of amides is 1. The number of aliphatic hydroxyl groups excluding tert-OH is 1. The van der Waals surface area contributed by atoms with Gasteiger partial charge in [-0.3, -0.25) is 4.79 Å². The first-order valence-electron chi connectivity index (χ1n) is 6.42. The Bertz CT molecular complexity index is 542. The minimum absolute atomic E-state index is 0.0526. The van der Waals surface area contributed by atoms with E-state index in [2.05, 4.69) is 17.2 Å². The lowest BCUT2D eigenvalue weighted by Crippen LogP contribution is -2.41. The van der Waals surface area contributed by atoms with Crippen LogP contribution in [0.15, 0.2) is 12.1 Å². The van der Waals surface area contributed by atoms with E-state index in [-0.39, 0.29) is 24.7 Å². The zero-order valence-electron chi connectivity index (χ0n) is 10.4. The smallest absolute Gasteiger partial charge is 0.261 e. The Kier molecular flexibility index (Phi) is 3.56. The van der Waals surface area contributed by atoms with Crippen molar-refractivity contribution >= 4 is 17.2 Å². The van der Waals surface area contributed by atoms with Gasteiger partial charge >= 0.3 is 0 Å². The molecule has 0 saturated carbocycles. The second kappa shape index (κ2) is 5.33. The summed E-state index contributed by atoms with van der Waals surface area (Å²) in [5.41, 5.74) is 0. The third-order valence-corrected chi connectivity index (χ3v) is 4.54. The molecule has 1 aromatic heterocycles. The van der Waals surface area contributed by atoms with Crippen LogP contribution in [0.4, 0.5) is 0 Å². The molecule has 3 heterocycles. The van der Waals surface area contributed by atoms with Gasteiger partial charge in [-0.15, -0.1) is 11.3 Å². The van der Waals surface area contributed by atoms with E-state index in [4.69, 9.17) is 9.84 Å². The summed E-state index contributed by atoms with van der Waals surface area (Å²) in [6, 6.07) is 3.73. The molecule has 2 fully saturated rings. The van der Waals surface area contributed by atoms with Gasteiger partial charge in [0.15, 0.2) is 0 Å². The predicted molar refractivity (Wildman–Crippen MR) is 72.0 cm³/mol. The summed E-state index contributed by atoms with van der Waals surface area (Å²) >= 11 is 1.35. The lowest BCUT2D eigenvalue weighted by atomic mass is 9.95. The third-order valence-electron chi connectivity index (χ3n) is 3.54. The van der Waals surface area contributed by atoms with Crippen molar-refractivity contribution in [1.82, 2.24) is 5.32 Å². The lowest BCUT2D eigenvalue weighted by Gasteiger charge is -2.19. The molecule has 3 unspecified atom stereocenters. The zero-order chi connectivity index (χ0) is 13.2. The normalized spacial score (nSPS) is 27.9. The number of hydrogen-bond acceptors (Lipinski definition) is 4. The van der Waals surface area contributed by atoms with E-state index >= 15 is 0 Å². The van der Waals surface area contributed by atoms with Gasteiger partial charge in [-0.1, -0.05) is 11.8 Å². The summed E-state index contributed by atoms with van der Waals surface area (Å²) in [6.07, 6.45) is 3.63. The number of aliphatic hydroxyl groups is 1. The Morgan fingerprint density at radius 3 is 3.11 bits per heavy atom. The highest BCUT2D eigenvalue weighted by Gasteiger charge is 2.41. The Labute approximate surface area is 115 Å². The van der Waals surface area contributed by atoms with Gasteiger partial charge in [0, 0.05) is 0 Å². The molecule has 2 N–H and O–H groups in total. The first-order chi connectivity index (χ1) is 9.26. The summed E-state index contributed by atoms with van der Waals surface area (Å²) in [5, 5.41) is 11.7. The number of hydrogen-bond donors (Lipinski definition) is 2. The largest absolute Gasteiger partial charge is 0.384 e. The van der Waals surface area contributed by atoms with E-state index in [1.807, 2.05) is 0 Å². The molecule has 2 aliphatic heterocycles. The highest BCUT2D eigenvalue weighted by molar-refractivity contribution is 7.14. The molecule has 0 spiro atoms. The van der Waals surface area contributed by atoms with Gasteiger partial charge in [-0.2, -0.15) is 0 Å². The molecule has 1 amide bonds. The summed E-state index contributed by atoms with van der Waals surface area (Å²) in [6.45, 7) is -0.165. The van der Waals surface area contributed by atoms with E-state index in [0.717, 1.165) is 24.1 Å². The Balaban J connectivity index is 1.62. The molecular weight excluding hydrogens is 262 g/mol. The molecular formula is C14H15NO3S. The summed E-state index contributed by atoms with van der Waals surface area (Å²) in [7, 11) is 0. The van der Waals surface area contributed by atoms with E-state index < -0.39 is 0 Å². The average molecular weight is 277 g/mol. The van der Waals surface area contributed by atoms with Gasteiger partial charge in [-0.25, -0.2) is 0 Å². The summed E-state index contributed by atoms with van der Waals surface area (Å²) < 4.78 is 5.72. The van der Waals surface area contributed by atoms with Crippen molar-refractivity contribution in [2.45, 2.75) is 37.5 Å². The molecule has 5 heteroatoms. The topological polar surface area (TPSA) is 58.6 Å². The van der Waals surface area contributed by atoms with Crippen molar-refractivity contribution in [1.29, 1.82) is 0 Å². The fourth-order valence-electron chi connectivity index (χ4n) is 2.68. The number of carbonyl (C=O) groups excluding carboxylic acids is 1. The van der Waals surface area contributed by atoms with Crippen LogP contribution in [0.25, 0.3) is 0 Å². The molecule has 3 atom stereocenters. The number of nitrogens with one attached hydrogen (secondary N) is 1. The Morgan fingerprint density at radius 2 is 2.42 bits per heavy atom. The highest BCUT2D eigenvalue weighted by Crippen LogP contribution is 2.34. The third kappa shape index (κ3) is 2.66. The molecule has 2 aliphatic rings. The van der Waals surface area contributed by atoms with E-state index in [1.54, 1.807) is 12.1 Å². The fourth-order valence-corrected chi connectivity index (χ4v) is 3.47. The number of ether oxygens (including phenoxy) is 1. The molecule has 0 aliphatic carbocycles. The van der Waals surface area contributed by atoms with Crippen LogP contribution in [0.1, 0.15) is 33.8 Å². The van der Waals surface area contributed by atoms with Crippen LogP contribution < -0.4 is 5.32 Å². The lowest BCUT2D eigenvalue weighted by molar-refractivity contribution is 0.0843. The first-order valence-corrected chi connectivity index (χ1v) is 7.24. The predicted octanol–water partition coefficient (Wildman–Crippen LogP) is 1.14. The van der Waals surface area contributed by atoms with Gasteiger partial charge in [0.2, 0.25) is 0 Å². The fraction of sp³-hybridized carbons (Fsp3) is 0.500. The van der Waals surface area contributed by atoms with Crippen LogP contribution in [0.5, 0.6) is 0 Å². The van der Waals surface area contributed by atoms with Crippen LogP contribution in [-0.2, 0) is 4.74 Å². The van der Waals surface area contributed by atoms with E-state index in [0.29, 0.717) is 11.0 Å². The Hall–Kier alpha value is -1.35. The van der Waals surface area contributed by atoms with Crippen molar-refractivity contribution in [2.24, 2.45) is 0 Å². The van der Waals surface area contributed by atoms with Gasteiger partial charge in [0.1, 0.15) is 6.61 Å². The summed E-state index contributed by atoms with van der Waals surface area (Å²) in [5.74, 6) is 5.33. The molecule has 3 rings (SSSR count). The van der Waals surface area contributed by atoms with Crippen molar-refractivity contribution in [3.8, 4) is 11.8 Å². The zero-order valence-corrected chi connectivity index (χ0v) is 11.2. The number of fused-ring (bicyclic) bond motifs is 2. The van der Waals surface area contributed by atoms with Gasteiger partial charge in [0.05, 0.1) is 28.0 Å². The van der Waals surface area contributed by atoms with Gasteiger partial charge in [-0.05, 0) is 31.4 Å². The van der Waals surface area contributed by atoms with Crippen molar-refractivity contribution in [3.63, 3.8) is 0 Å². The number of thiophene rings is 1. The number of rotatable bonds is 2. The Morgan fingerprint density at radius 1 is 1.53 bits per heavy atom. The van der Waals surface area contributed by atoms with E-state index in [9.17, 15) is 4.79 Å². The van der Waals surface area contributed by atoms with Crippen molar-refractivity contribution in [3.05, 3.63) is 21.9 Å². The molecule has 0 radical (unpaired) electrons. The minimum Gasteiger partial charge on any atom is -0.384 e. The maximum atomic E-state index is 12.1. The van der Waals surface area contributed by atoms with Crippen LogP contribution >= 0.6 is 11.3 Å². The molecule has 4 nitrogen and oxygen atoms in total. The minimum atomic E-state index is -0.165. The van der Waals surface area contributed by atoms with Crippen LogP contribution in [0, 0.1) is 11.8 Å². The van der Waals surface area contributed by atoms with Crippen molar-refractivity contribution in [2.75, 3.05) is 6.61 Å². The summed E-state index contributed by atoms with van der Waals surface area (Å²) in [4.78, 5) is 13.6. The average Bonchev–Trinajstić information content (AvgIpc) is 3.12.